The predicted molar refractivity (Wildman–Crippen MR) is 94.8 cm³/mol. The Bertz CT molecular complexity index is 771. The average molecular weight is 340 g/mol. The second-order valence-electron chi connectivity index (χ2n) is 6.64. The highest BCUT2D eigenvalue weighted by molar-refractivity contribution is 5.75. The van der Waals surface area contributed by atoms with E-state index in [9.17, 15) is 15.2 Å². The van der Waals surface area contributed by atoms with E-state index in [1.54, 1.807) is 30.3 Å². The first-order chi connectivity index (χ1) is 11.8. The maximum absolute atomic E-state index is 11.8. The number of rotatable bonds is 7. The van der Waals surface area contributed by atoms with E-state index in [4.69, 9.17) is 0 Å². The van der Waals surface area contributed by atoms with Crippen molar-refractivity contribution in [2.45, 2.75) is 45.3 Å². The van der Waals surface area contributed by atoms with E-state index in [1.807, 2.05) is 43.7 Å². The fourth-order valence-electron chi connectivity index (χ4n) is 2.83. The molecular weight excluding hydrogens is 316 g/mol. The van der Waals surface area contributed by atoms with Crippen molar-refractivity contribution in [2.24, 2.45) is 0 Å². The molecule has 2 aromatic rings. The Hall–Kier alpha value is -2.65. The largest absolute Gasteiger partial charge is 0.480 e. The Morgan fingerprint density at radius 3 is 2.56 bits per heavy atom. The molecule has 1 heterocycles. The third kappa shape index (κ3) is 4.06. The average Bonchev–Trinajstić information content (AvgIpc) is 3.02. The lowest BCUT2D eigenvalue weighted by Gasteiger charge is -2.25. The van der Waals surface area contributed by atoms with Gasteiger partial charge in [0.25, 0.3) is 0 Å². The van der Waals surface area contributed by atoms with Gasteiger partial charge >= 0.3 is 5.97 Å². The van der Waals surface area contributed by atoms with Crippen LogP contribution in [0, 0.1) is 11.3 Å². The molecule has 0 aliphatic heterocycles. The highest BCUT2D eigenvalue weighted by Gasteiger charge is 2.27. The molecule has 0 amide bonds. The van der Waals surface area contributed by atoms with Gasteiger partial charge in [-0.2, -0.15) is 5.26 Å². The van der Waals surface area contributed by atoms with Crippen LogP contribution in [0.2, 0.25) is 0 Å². The Labute approximate surface area is 148 Å². The summed E-state index contributed by atoms with van der Waals surface area (Å²) in [5.74, 6) is -0.0807. The number of imidazole rings is 1. The smallest absolute Gasteiger partial charge is 0.325 e. The highest BCUT2D eigenvalue weighted by atomic mass is 16.4. The summed E-state index contributed by atoms with van der Waals surface area (Å²) >= 11 is 0. The summed E-state index contributed by atoms with van der Waals surface area (Å²) in [7, 11) is 1.78. The molecule has 0 spiro atoms. The molecule has 6 nitrogen and oxygen atoms in total. The molecule has 6 heteroatoms. The second kappa shape index (κ2) is 7.49. The SMILES string of the molecule is CCn1ccnc1CN(C)[C@@H](C(=O)O)c1ccc(C(C)(C)C#N)cc1. The summed E-state index contributed by atoms with van der Waals surface area (Å²) in [5, 5.41) is 18.9. The minimum absolute atomic E-state index is 0.434. The number of aromatic nitrogens is 2. The van der Waals surface area contributed by atoms with Crippen molar-refractivity contribution in [2.75, 3.05) is 7.05 Å². The van der Waals surface area contributed by atoms with E-state index in [0.717, 1.165) is 17.9 Å². The quantitative estimate of drug-likeness (QED) is 0.838. The van der Waals surface area contributed by atoms with Crippen LogP contribution in [-0.2, 0) is 23.3 Å². The monoisotopic (exact) mass is 340 g/mol. The summed E-state index contributed by atoms with van der Waals surface area (Å²) in [6.45, 7) is 6.93. The second-order valence-corrected chi connectivity index (χ2v) is 6.64. The molecule has 0 saturated heterocycles. The van der Waals surface area contributed by atoms with Crippen LogP contribution in [0.4, 0.5) is 0 Å². The minimum Gasteiger partial charge on any atom is -0.480 e. The molecule has 0 saturated carbocycles. The number of likely N-dealkylation sites (N-methyl/N-ethyl adjacent to an activating group) is 1. The molecule has 1 aromatic heterocycles. The van der Waals surface area contributed by atoms with Gasteiger partial charge in [-0.3, -0.25) is 9.69 Å². The van der Waals surface area contributed by atoms with Crippen molar-refractivity contribution in [3.8, 4) is 6.07 Å². The molecule has 1 N–H and O–H groups in total. The fourth-order valence-corrected chi connectivity index (χ4v) is 2.83. The van der Waals surface area contributed by atoms with Crippen LogP contribution in [-0.4, -0.2) is 32.6 Å². The van der Waals surface area contributed by atoms with E-state index in [0.29, 0.717) is 12.1 Å². The van der Waals surface area contributed by atoms with Gasteiger partial charge in [-0.25, -0.2) is 4.98 Å². The summed E-state index contributed by atoms with van der Waals surface area (Å²) in [6.07, 6.45) is 3.61. The maximum Gasteiger partial charge on any atom is 0.325 e. The molecule has 0 aliphatic rings. The van der Waals surface area contributed by atoms with Gasteiger partial charge in [0.1, 0.15) is 11.9 Å². The summed E-state index contributed by atoms with van der Waals surface area (Å²) in [6, 6.07) is 8.71. The molecule has 0 radical (unpaired) electrons. The van der Waals surface area contributed by atoms with Crippen LogP contribution in [0.5, 0.6) is 0 Å². The number of carbonyl (C=O) groups is 1. The molecular formula is C19H24N4O2. The van der Waals surface area contributed by atoms with Crippen molar-refractivity contribution < 1.29 is 9.90 Å². The Kier molecular flexibility index (Phi) is 5.60. The summed E-state index contributed by atoms with van der Waals surface area (Å²) < 4.78 is 1.99. The Morgan fingerprint density at radius 1 is 1.40 bits per heavy atom. The van der Waals surface area contributed by atoms with Crippen LogP contribution >= 0.6 is 0 Å². The van der Waals surface area contributed by atoms with Gasteiger partial charge in [0.15, 0.2) is 0 Å². The zero-order valence-corrected chi connectivity index (χ0v) is 15.1. The van der Waals surface area contributed by atoms with Gasteiger partial charge in [0, 0.05) is 18.9 Å². The highest BCUT2D eigenvalue weighted by Crippen LogP contribution is 2.26. The molecule has 2 rings (SSSR count). The van der Waals surface area contributed by atoms with Crippen LogP contribution in [0.3, 0.4) is 0 Å². The number of hydrogen-bond acceptors (Lipinski definition) is 4. The zero-order valence-electron chi connectivity index (χ0n) is 15.1. The van der Waals surface area contributed by atoms with Crippen LogP contribution < -0.4 is 0 Å². The van der Waals surface area contributed by atoms with Crippen LogP contribution in [0.1, 0.15) is 43.8 Å². The van der Waals surface area contributed by atoms with E-state index < -0.39 is 17.4 Å². The molecule has 1 atom stereocenters. The number of carboxylic acid groups (broad SMARTS) is 1. The first kappa shape index (κ1) is 18.7. The lowest BCUT2D eigenvalue weighted by Crippen LogP contribution is -2.31. The third-order valence-electron chi connectivity index (χ3n) is 4.44. The normalized spacial score (nSPS) is 12.8. The van der Waals surface area contributed by atoms with Gasteiger partial charge in [-0.15, -0.1) is 0 Å². The first-order valence-electron chi connectivity index (χ1n) is 8.25. The molecule has 132 valence electrons. The molecule has 1 aromatic carbocycles. The first-order valence-corrected chi connectivity index (χ1v) is 8.25. The Morgan fingerprint density at radius 2 is 2.04 bits per heavy atom. The van der Waals surface area contributed by atoms with Gasteiger partial charge in [-0.1, -0.05) is 24.3 Å². The third-order valence-corrected chi connectivity index (χ3v) is 4.44. The van der Waals surface area contributed by atoms with Crippen LogP contribution in [0.15, 0.2) is 36.7 Å². The number of hydrogen-bond donors (Lipinski definition) is 1. The minimum atomic E-state index is -0.913. The van der Waals surface area contributed by atoms with Gasteiger partial charge in [0.2, 0.25) is 0 Å². The van der Waals surface area contributed by atoms with E-state index in [2.05, 4.69) is 11.1 Å². The number of nitrogens with zero attached hydrogens (tertiary/aromatic N) is 4. The predicted octanol–water partition coefficient (Wildman–Crippen LogP) is 2.96. The molecule has 0 aliphatic carbocycles. The van der Waals surface area contributed by atoms with Crippen molar-refractivity contribution in [3.63, 3.8) is 0 Å². The fraction of sp³-hybridized carbons (Fsp3) is 0.421. The van der Waals surface area contributed by atoms with Crippen molar-refractivity contribution in [1.82, 2.24) is 14.5 Å². The number of carboxylic acids is 1. The zero-order chi connectivity index (χ0) is 18.6. The van der Waals surface area contributed by atoms with Crippen molar-refractivity contribution >= 4 is 5.97 Å². The van der Waals surface area contributed by atoms with Crippen molar-refractivity contribution in [3.05, 3.63) is 53.6 Å². The summed E-state index contributed by atoms with van der Waals surface area (Å²) in [4.78, 5) is 17.9. The van der Waals surface area contributed by atoms with Gasteiger partial charge in [-0.05, 0) is 38.9 Å². The van der Waals surface area contributed by atoms with E-state index in [1.165, 1.54) is 0 Å². The van der Waals surface area contributed by atoms with E-state index >= 15 is 0 Å². The van der Waals surface area contributed by atoms with Gasteiger partial charge in [0.05, 0.1) is 18.0 Å². The molecule has 0 unspecified atom stereocenters. The number of aliphatic carboxylic acids is 1. The standard InChI is InChI=1S/C19H24N4O2/c1-5-23-11-10-21-16(23)12-22(4)17(18(24)25)14-6-8-15(9-7-14)19(2,3)13-20/h6-11,17H,5,12H2,1-4H3,(H,24,25)/t17-/m1/s1. The number of aryl methyl sites for hydroxylation is 1. The lowest BCUT2D eigenvalue weighted by atomic mass is 9.85. The summed E-state index contributed by atoms with van der Waals surface area (Å²) in [5.41, 5.74) is 0.948. The number of benzene rings is 1. The molecule has 0 bridgehead atoms. The topological polar surface area (TPSA) is 82.2 Å². The van der Waals surface area contributed by atoms with E-state index in [-0.39, 0.29) is 0 Å². The Balaban J connectivity index is 2.26. The van der Waals surface area contributed by atoms with Crippen molar-refractivity contribution in [1.29, 1.82) is 5.26 Å². The van der Waals surface area contributed by atoms with Crippen LogP contribution in [0.25, 0.3) is 0 Å². The molecule has 25 heavy (non-hydrogen) atoms. The molecule has 0 fully saturated rings. The maximum atomic E-state index is 11.8. The van der Waals surface area contributed by atoms with Gasteiger partial charge < -0.3 is 9.67 Å². The number of nitriles is 1. The lowest BCUT2D eigenvalue weighted by molar-refractivity contribution is -0.143.